The van der Waals surface area contributed by atoms with E-state index in [4.69, 9.17) is 0 Å². The number of carbonyl (C=O) groups is 1. The van der Waals surface area contributed by atoms with Crippen LogP contribution in [0.2, 0.25) is 0 Å². The summed E-state index contributed by atoms with van der Waals surface area (Å²) in [6.45, 7) is 1.56. The Morgan fingerprint density at radius 1 is 1.09 bits per heavy atom. The highest BCUT2D eigenvalue weighted by Crippen LogP contribution is 2.20. The third kappa shape index (κ3) is 2.39. The normalized spacial score (nSPS) is 14.1. The molecule has 0 saturated carbocycles. The van der Waals surface area contributed by atoms with Crippen molar-refractivity contribution in [3.63, 3.8) is 0 Å². The highest BCUT2D eigenvalue weighted by atomic mass is 16.2. The summed E-state index contributed by atoms with van der Waals surface area (Å²) in [6.07, 6.45) is 3.36. The number of H-pyrrole nitrogens is 1. The number of nitrogens with zero attached hydrogens (tertiary/aromatic N) is 1. The Bertz CT molecular complexity index is 834. The van der Waals surface area contributed by atoms with Gasteiger partial charge in [0.05, 0.1) is 6.42 Å². The number of rotatable bonds is 2. The Labute approximate surface area is 129 Å². The number of hydrogen-bond donors (Lipinski definition) is 1. The maximum atomic E-state index is 12.6. The minimum Gasteiger partial charge on any atom is -0.361 e. The summed E-state index contributed by atoms with van der Waals surface area (Å²) in [5, 5.41) is 1.16. The first kappa shape index (κ1) is 13.1. The zero-order valence-corrected chi connectivity index (χ0v) is 12.4. The van der Waals surface area contributed by atoms with Crippen LogP contribution in [-0.4, -0.2) is 22.3 Å². The minimum atomic E-state index is 0.212. The summed E-state index contributed by atoms with van der Waals surface area (Å²) >= 11 is 0. The van der Waals surface area contributed by atoms with E-state index >= 15 is 0 Å². The highest BCUT2D eigenvalue weighted by molar-refractivity contribution is 5.83. The molecule has 0 saturated heterocycles. The van der Waals surface area contributed by atoms with Gasteiger partial charge in [0.15, 0.2) is 0 Å². The molecule has 2 heterocycles. The molecule has 22 heavy (non-hydrogen) atoms. The van der Waals surface area contributed by atoms with Crippen molar-refractivity contribution in [2.75, 3.05) is 6.54 Å². The lowest BCUT2D eigenvalue weighted by Gasteiger charge is -2.29. The van der Waals surface area contributed by atoms with Crippen LogP contribution in [0.15, 0.2) is 54.7 Å². The molecule has 1 aromatic heterocycles. The van der Waals surface area contributed by atoms with Gasteiger partial charge in [-0.25, -0.2) is 0 Å². The van der Waals surface area contributed by atoms with Gasteiger partial charge in [-0.1, -0.05) is 30.3 Å². The fraction of sp³-hybridized carbons (Fsp3) is 0.211. The maximum Gasteiger partial charge on any atom is 0.227 e. The number of benzene rings is 2. The number of nitrogens with one attached hydrogen (secondary N) is 1. The van der Waals surface area contributed by atoms with E-state index in [1.807, 2.05) is 35.4 Å². The second-order valence-electron chi connectivity index (χ2n) is 5.91. The molecule has 0 bridgehead atoms. The summed E-state index contributed by atoms with van der Waals surface area (Å²) in [5.41, 5.74) is 4.85. The van der Waals surface area contributed by atoms with Gasteiger partial charge >= 0.3 is 0 Å². The first-order valence-electron chi connectivity index (χ1n) is 7.70. The van der Waals surface area contributed by atoms with E-state index in [2.05, 4.69) is 29.2 Å². The minimum absolute atomic E-state index is 0.212. The molecule has 0 radical (unpaired) electrons. The number of aromatic nitrogens is 1. The molecule has 0 unspecified atom stereocenters. The fourth-order valence-electron chi connectivity index (χ4n) is 3.21. The monoisotopic (exact) mass is 290 g/mol. The van der Waals surface area contributed by atoms with Crippen molar-refractivity contribution >= 4 is 16.8 Å². The average Bonchev–Trinajstić information content (AvgIpc) is 3.02. The van der Waals surface area contributed by atoms with E-state index in [0.29, 0.717) is 6.42 Å². The molecule has 4 rings (SSSR count). The summed E-state index contributed by atoms with van der Waals surface area (Å²) < 4.78 is 0. The van der Waals surface area contributed by atoms with Crippen LogP contribution in [0.25, 0.3) is 10.9 Å². The summed E-state index contributed by atoms with van der Waals surface area (Å²) in [5.74, 6) is 0.212. The molecule has 110 valence electrons. The van der Waals surface area contributed by atoms with E-state index in [9.17, 15) is 4.79 Å². The molecule has 3 nitrogen and oxygen atoms in total. The van der Waals surface area contributed by atoms with E-state index in [1.165, 1.54) is 11.1 Å². The molecule has 1 N–H and O–H groups in total. The van der Waals surface area contributed by atoms with Gasteiger partial charge in [-0.2, -0.15) is 0 Å². The molecule has 2 aromatic carbocycles. The van der Waals surface area contributed by atoms with E-state index in [-0.39, 0.29) is 5.91 Å². The van der Waals surface area contributed by atoms with E-state index in [0.717, 1.165) is 36.0 Å². The van der Waals surface area contributed by atoms with Crippen LogP contribution >= 0.6 is 0 Å². The SMILES string of the molecule is O=C(Cc1ccc2[nH]ccc2c1)N1CCc2ccccc2C1. The molecule has 1 amide bonds. The fourth-order valence-corrected chi connectivity index (χ4v) is 3.21. The lowest BCUT2D eigenvalue weighted by Crippen LogP contribution is -2.36. The smallest absolute Gasteiger partial charge is 0.227 e. The van der Waals surface area contributed by atoms with E-state index < -0.39 is 0 Å². The van der Waals surface area contributed by atoms with Gasteiger partial charge in [0, 0.05) is 24.8 Å². The number of hydrogen-bond acceptors (Lipinski definition) is 1. The third-order valence-electron chi connectivity index (χ3n) is 4.46. The zero-order valence-electron chi connectivity index (χ0n) is 12.4. The van der Waals surface area contributed by atoms with Gasteiger partial charge in [-0.3, -0.25) is 4.79 Å². The number of amides is 1. The van der Waals surface area contributed by atoms with E-state index in [1.54, 1.807) is 0 Å². The predicted molar refractivity (Wildman–Crippen MR) is 87.6 cm³/mol. The van der Waals surface area contributed by atoms with Crippen LogP contribution in [0.5, 0.6) is 0 Å². The molecule has 0 fully saturated rings. The van der Waals surface area contributed by atoms with Crippen LogP contribution in [0.3, 0.4) is 0 Å². The average molecular weight is 290 g/mol. The molecule has 0 aliphatic carbocycles. The second kappa shape index (κ2) is 5.34. The Kier molecular flexibility index (Phi) is 3.19. The largest absolute Gasteiger partial charge is 0.361 e. The summed E-state index contributed by atoms with van der Waals surface area (Å²) in [7, 11) is 0. The molecule has 0 spiro atoms. The number of aromatic amines is 1. The van der Waals surface area contributed by atoms with Crippen LogP contribution in [0.4, 0.5) is 0 Å². The third-order valence-corrected chi connectivity index (χ3v) is 4.46. The lowest BCUT2D eigenvalue weighted by atomic mass is 9.99. The summed E-state index contributed by atoms with van der Waals surface area (Å²) in [6, 6.07) is 16.6. The Balaban J connectivity index is 1.50. The zero-order chi connectivity index (χ0) is 14.9. The van der Waals surface area contributed by atoms with Gasteiger partial charge < -0.3 is 9.88 Å². The van der Waals surface area contributed by atoms with Gasteiger partial charge in [0.2, 0.25) is 5.91 Å². The Hall–Kier alpha value is -2.55. The van der Waals surface area contributed by atoms with Crippen molar-refractivity contribution in [3.8, 4) is 0 Å². The van der Waals surface area contributed by atoms with Crippen molar-refractivity contribution in [1.29, 1.82) is 0 Å². The van der Waals surface area contributed by atoms with Crippen LogP contribution in [0.1, 0.15) is 16.7 Å². The van der Waals surface area contributed by atoms with Crippen molar-refractivity contribution in [1.82, 2.24) is 9.88 Å². The molecule has 1 aliphatic heterocycles. The summed E-state index contributed by atoms with van der Waals surface area (Å²) in [4.78, 5) is 17.7. The maximum absolute atomic E-state index is 12.6. The van der Waals surface area contributed by atoms with Crippen molar-refractivity contribution in [2.24, 2.45) is 0 Å². The molecule has 0 atom stereocenters. The molecule has 3 aromatic rings. The highest BCUT2D eigenvalue weighted by Gasteiger charge is 2.20. The number of fused-ring (bicyclic) bond motifs is 2. The first-order valence-corrected chi connectivity index (χ1v) is 7.70. The van der Waals surface area contributed by atoms with Gasteiger partial charge in [-0.05, 0) is 46.7 Å². The molecule has 3 heteroatoms. The van der Waals surface area contributed by atoms with Crippen molar-refractivity contribution in [2.45, 2.75) is 19.4 Å². The van der Waals surface area contributed by atoms with Crippen LogP contribution in [0, 0.1) is 0 Å². The Morgan fingerprint density at radius 3 is 2.86 bits per heavy atom. The van der Waals surface area contributed by atoms with Crippen LogP contribution in [-0.2, 0) is 24.2 Å². The molecule has 1 aliphatic rings. The number of carbonyl (C=O) groups excluding carboxylic acids is 1. The van der Waals surface area contributed by atoms with Gasteiger partial charge in [0.25, 0.3) is 0 Å². The van der Waals surface area contributed by atoms with Gasteiger partial charge in [-0.15, -0.1) is 0 Å². The first-order chi connectivity index (χ1) is 10.8. The standard InChI is InChI=1S/C19H18N2O/c22-19(12-14-5-6-18-16(11-14)7-9-20-18)21-10-8-15-3-1-2-4-17(15)13-21/h1-7,9,11,20H,8,10,12-13H2. The second-order valence-corrected chi connectivity index (χ2v) is 5.91. The van der Waals surface area contributed by atoms with Gasteiger partial charge in [0.1, 0.15) is 0 Å². The topological polar surface area (TPSA) is 36.1 Å². The van der Waals surface area contributed by atoms with Crippen LogP contribution < -0.4 is 0 Å². The quantitative estimate of drug-likeness (QED) is 0.772. The molecular weight excluding hydrogens is 272 g/mol. The predicted octanol–water partition coefficient (Wildman–Crippen LogP) is 3.30. The molecular formula is C19H18N2O. The van der Waals surface area contributed by atoms with Crippen molar-refractivity contribution < 1.29 is 4.79 Å². The lowest BCUT2D eigenvalue weighted by molar-refractivity contribution is -0.131. The van der Waals surface area contributed by atoms with Crippen molar-refractivity contribution in [3.05, 3.63) is 71.4 Å². The Morgan fingerprint density at radius 2 is 1.95 bits per heavy atom.